The zero-order chi connectivity index (χ0) is 13.8. The summed E-state index contributed by atoms with van der Waals surface area (Å²) in [6.45, 7) is 2.17. The number of benzene rings is 1. The van der Waals surface area contributed by atoms with E-state index in [0.29, 0.717) is 11.6 Å². The van der Waals surface area contributed by atoms with E-state index in [0.717, 1.165) is 5.69 Å². The summed E-state index contributed by atoms with van der Waals surface area (Å²) >= 11 is 1.75. The van der Waals surface area contributed by atoms with Gasteiger partial charge < -0.3 is 15.8 Å². The van der Waals surface area contributed by atoms with Gasteiger partial charge in [0.1, 0.15) is 0 Å². The van der Waals surface area contributed by atoms with Gasteiger partial charge in [0.2, 0.25) is 0 Å². The molecule has 0 aliphatic carbocycles. The molecule has 2 rings (SSSR count). The van der Waals surface area contributed by atoms with Crippen molar-refractivity contribution >= 4 is 22.9 Å². The molecule has 0 aliphatic rings. The number of amidine groups is 1. The summed E-state index contributed by atoms with van der Waals surface area (Å²) in [7, 11) is 2.06. The van der Waals surface area contributed by atoms with Crippen LogP contribution in [-0.2, 0) is 0 Å². The quantitative estimate of drug-likeness (QED) is 0.390. The van der Waals surface area contributed by atoms with Gasteiger partial charge in [-0.25, -0.2) is 0 Å². The van der Waals surface area contributed by atoms with Crippen LogP contribution in [0, 0.1) is 0 Å². The van der Waals surface area contributed by atoms with Crippen LogP contribution in [0.2, 0.25) is 0 Å². The van der Waals surface area contributed by atoms with Gasteiger partial charge in [-0.1, -0.05) is 11.2 Å². The molecule has 1 aromatic carbocycles. The maximum absolute atomic E-state index is 8.63. The Bertz CT molecular complexity index is 549. The molecule has 0 saturated heterocycles. The lowest BCUT2D eigenvalue weighted by molar-refractivity contribution is 0.318. The Hall–Kier alpha value is -2.01. The molecule has 2 aromatic rings. The Morgan fingerprint density at radius 3 is 2.53 bits per heavy atom. The fourth-order valence-corrected chi connectivity index (χ4v) is 2.69. The lowest BCUT2D eigenvalue weighted by Gasteiger charge is -2.26. The van der Waals surface area contributed by atoms with Crippen LogP contribution in [0.25, 0.3) is 0 Å². The van der Waals surface area contributed by atoms with Gasteiger partial charge in [-0.2, -0.15) is 0 Å². The maximum Gasteiger partial charge on any atom is 0.170 e. The average molecular weight is 275 g/mol. The Balaban J connectivity index is 2.18. The monoisotopic (exact) mass is 275 g/mol. The molecule has 0 amide bonds. The highest BCUT2D eigenvalue weighted by Gasteiger charge is 2.13. The van der Waals surface area contributed by atoms with Gasteiger partial charge in [0.05, 0.1) is 6.04 Å². The standard InChI is InChI=1S/C14H17N3OS/c1-10(13-4-3-9-19-13)17(2)12-7-5-11(6-8-12)14(15)16-18/h3-10,18H,1-2H3,(H2,15,16). The van der Waals surface area contributed by atoms with Crippen LogP contribution in [0.4, 0.5) is 5.69 Å². The number of anilines is 1. The number of rotatable bonds is 4. The molecular formula is C14H17N3OS. The molecule has 0 spiro atoms. The van der Waals surface area contributed by atoms with E-state index in [9.17, 15) is 0 Å². The van der Waals surface area contributed by atoms with Crippen molar-refractivity contribution < 1.29 is 5.21 Å². The van der Waals surface area contributed by atoms with Crippen LogP contribution in [0.3, 0.4) is 0 Å². The maximum atomic E-state index is 8.63. The highest BCUT2D eigenvalue weighted by molar-refractivity contribution is 7.10. The van der Waals surface area contributed by atoms with Crippen LogP contribution < -0.4 is 10.6 Å². The van der Waals surface area contributed by atoms with Crippen molar-refractivity contribution in [2.24, 2.45) is 10.9 Å². The van der Waals surface area contributed by atoms with E-state index in [1.807, 2.05) is 24.3 Å². The molecule has 5 heteroatoms. The Morgan fingerprint density at radius 2 is 2.00 bits per heavy atom. The van der Waals surface area contributed by atoms with Crippen LogP contribution in [0.15, 0.2) is 46.9 Å². The van der Waals surface area contributed by atoms with Crippen molar-refractivity contribution in [2.45, 2.75) is 13.0 Å². The third-order valence-corrected chi connectivity index (χ3v) is 4.26. The largest absolute Gasteiger partial charge is 0.409 e. The first kappa shape index (κ1) is 13.4. The average Bonchev–Trinajstić information content (AvgIpc) is 2.99. The van der Waals surface area contributed by atoms with Crippen LogP contribution >= 0.6 is 11.3 Å². The third kappa shape index (κ3) is 2.88. The van der Waals surface area contributed by atoms with Gasteiger partial charge >= 0.3 is 0 Å². The summed E-state index contributed by atoms with van der Waals surface area (Å²) in [5.41, 5.74) is 7.35. The molecule has 0 aliphatic heterocycles. The highest BCUT2D eigenvalue weighted by Crippen LogP contribution is 2.28. The first-order valence-electron chi connectivity index (χ1n) is 5.97. The van der Waals surface area contributed by atoms with Crippen molar-refractivity contribution in [1.29, 1.82) is 0 Å². The smallest absolute Gasteiger partial charge is 0.170 e. The van der Waals surface area contributed by atoms with Crippen LogP contribution in [0.5, 0.6) is 0 Å². The number of nitrogens with two attached hydrogens (primary N) is 1. The second-order valence-corrected chi connectivity index (χ2v) is 5.31. The summed E-state index contributed by atoms with van der Waals surface area (Å²) in [5, 5.41) is 13.7. The van der Waals surface area contributed by atoms with Crippen LogP contribution in [0.1, 0.15) is 23.4 Å². The fraction of sp³-hybridized carbons (Fsp3) is 0.214. The van der Waals surface area contributed by atoms with Gasteiger partial charge in [0.25, 0.3) is 0 Å². The zero-order valence-corrected chi connectivity index (χ0v) is 11.8. The number of hydrogen-bond donors (Lipinski definition) is 2. The van der Waals surface area contributed by atoms with Crippen molar-refractivity contribution in [3.63, 3.8) is 0 Å². The third-order valence-electron chi connectivity index (χ3n) is 3.21. The summed E-state index contributed by atoms with van der Waals surface area (Å²) < 4.78 is 0. The van der Waals surface area contributed by atoms with E-state index >= 15 is 0 Å². The molecule has 1 heterocycles. The van der Waals surface area contributed by atoms with E-state index in [1.54, 1.807) is 11.3 Å². The lowest BCUT2D eigenvalue weighted by Crippen LogP contribution is -2.21. The molecule has 0 bridgehead atoms. The minimum atomic E-state index is 0.125. The summed E-state index contributed by atoms with van der Waals surface area (Å²) in [6, 6.07) is 12.1. The van der Waals surface area contributed by atoms with Gasteiger partial charge in [-0.05, 0) is 42.6 Å². The molecule has 1 aromatic heterocycles. The second-order valence-electron chi connectivity index (χ2n) is 4.33. The molecule has 19 heavy (non-hydrogen) atoms. The number of thiophene rings is 1. The number of nitrogens with zero attached hydrogens (tertiary/aromatic N) is 2. The SMILES string of the molecule is CC(c1cccs1)N(C)c1ccc(/C(N)=N/O)cc1. The summed E-state index contributed by atoms with van der Waals surface area (Å²) in [6.07, 6.45) is 0. The van der Waals surface area contributed by atoms with Crippen molar-refractivity contribution in [2.75, 3.05) is 11.9 Å². The minimum absolute atomic E-state index is 0.125. The van der Waals surface area contributed by atoms with E-state index in [2.05, 4.69) is 41.5 Å². The van der Waals surface area contributed by atoms with E-state index in [1.165, 1.54) is 4.88 Å². The Kier molecular flexibility index (Phi) is 4.06. The first-order valence-corrected chi connectivity index (χ1v) is 6.85. The fourth-order valence-electron chi connectivity index (χ4n) is 1.87. The first-order chi connectivity index (χ1) is 9.13. The van der Waals surface area contributed by atoms with E-state index in [-0.39, 0.29) is 5.84 Å². The molecule has 0 radical (unpaired) electrons. The topological polar surface area (TPSA) is 61.8 Å². The number of oxime groups is 1. The van der Waals surface area contributed by atoms with Gasteiger partial charge in [0, 0.05) is 23.2 Å². The number of hydrogen-bond acceptors (Lipinski definition) is 4. The lowest BCUT2D eigenvalue weighted by atomic mass is 10.1. The minimum Gasteiger partial charge on any atom is -0.409 e. The van der Waals surface area contributed by atoms with Gasteiger partial charge in [0.15, 0.2) is 5.84 Å². The van der Waals surface area contributed by atoms with Gasteiger partial charge in [-0.3, -0.25) is 0 Å². The van der Waals surface area contributed by atoms with E-state index < -0.39 is 0 Å². The highest BCUT2D eigenvalue weighted by atomic mass is 32.1. The van der Waals surface area contributed by atoms with Crippen molar-refractivity contribution in [1.82, 2.24) is 0 Å². The molecule has 100 valence electrons. The molecular weight excluding hydrogens is 258 g/mol. The molecule has 0 fully saturated rings. The van der Waals surface area contributed by atoms with Gasteiger partial charge in [-0.15, -0.1) is 11.3 Å². The molecule has 1 unspecified atom stereocenters. The normalized spacial score (nSPS) is 13.3. The zero-order valence-electron chi connectivity index (χ0n) is 10.9. The predicted molar refractivity (Wildman–Crippen MR) is 80.1 cm³/mol. The second kappa shape index (κ2) is 5.75. The molecule has 3 N–H and O–H groups in total. The van der Waals surface area contributed by atoms with Crippen molar-refractivity contribution in [3.05, 3.63) is 52.2 Å². The molecule has 1 atom stereocenters. The van der Waals surface area contributed by atoms with Crippen LogP contribution in [-0.4, -0.2) is 18.1 Å². The molecule has 0 saturated carbocycles. The Morgan fingerprint density at radius 1 is 1.32 bits per heavy atom. The van der Waals surface area contributed by atoms with E-state index in [4.69, 9.17) is 10.9 Å². The predicted octanol–water partition coefficient (Wildman–Crippen LogP) is 3.04. The molecule has 4 nitrogen and oxygen atoms in total. The van der Waals surface area contributed by atoms with Crippen molar-refractivity contribution in [3.8, 4) is 0 Å². The summed E-state index contributed by atoms with van der Waals surface area (Å²) in [5.74, 6) is 0.125. The Labute approximate surface area is 116 Å². The summed E-state index contributed by atoms with van der Waals surface area (Å²) in [4.78, 5) is 3.52.